The van der Waals surface area contributed by atoms with E-state index >= 15 is 0 Å². The van der Waals surface area contributed by atoms with Crippen LogP contribution in [-0.4, -0.2) is 71.1 Å². The first-order valence-corrected chi connectivity index (χ1v) is 12.7. The predicted molar refractivity (Wildman–Crippen MR) is 140 cm³/mol. The highest BCUT2D eigenvalue weighted by Crippen LogP contribution is 2.23. The van der Waals surface area contributed by atoms with Gasteiger partial charge in [0.25, 0.3) is 5.91 Å². The maximum Gasteiger partial charge on any atom is 0.254 e. The fourth-order valence-electron chi connectivity index (χ4n) is 4.75. The third-order valence-corrected chi connectivity index (χ3v) is 6.72. The van der Waals surface area contributed by atoms with Gasteiger partial charge in [0, 0.05) is 18.7 Å². The third-order valence-electron chi connectivity index (χ3n) is 6.72. The summed E-state index contributed by atoms with van der Waals surface area (Å²) in [5.74, 6) is 0.461. The van der Waals surface area contributed by atoms with E-state index in [-0.39, 0.29) is 5.91 Å². The molecule has 2 amide bonds. The fraction of sp³-hybridized carbons (Fsp3) is 0.536. The van der Waals surface area contributed by atoms with Gasteiger partial charge in [0.15, 0.2) is 0 Å². The van der Waals surface area contributed by atoms with Gasteiger partial charge in [0.1, 0.15) is 17.5 Å². The molecule has 0 aliphatic carbocycles. The Morgan fingerprint density at radius 3 is 2.53 bits per heavy atom. The van der Waals surface area contributed by atoms with E-state index in [4.69, 9.17) is 10.5 Å². The molecule has 1 atom stereocenters. The van der Waals surface area contributed by atoms with Crippen molar-refractivity contribution in [3.05, 3.63) is 54.4 Å². The van der Waals surface area contributed by atoms with E-state index in [1.54, 1.807) is 50.1 Å². The van der Waals surface area contributed by atoms with Gasteiger partial charge in [0.2, 0.25) is 5.91 Å². The number of likely N-dealkylation sites (tertiary alicyclic amines) is 2. The topological polar surface area (TPSA) is 88.8 Å². The van der Waals surface area contributed by atoms with Gasteiger partial charge >= 0.3 is 0 Å². The summed E-state index contributed by atoms with van der Waals surface area (Å²) in [7, 11) is 0. The minimum absolute atomic E-state index is 0.209. The number of ether oxygens (including phenoxy) is 1. The average molecular weight is 499 g/mol. The number of allylic oxidation sites excluding steroid dienone is 3. The zero-order valence-corrected chi connectivity index (χ0v) is 21.7. The van der Waals surface area contributed by atoms with Crippen molar-refractivity contribution in [2.45, 2.75) is 58.2 Å². The minimum atomic E-state index is -1.16. The summed E-state index contributed by atoms with van der Waals surface area (Å²) in [4.78, 5) is 32.7. The van der Waals surface area contributed by atoms with E-state index in [1.807, 2.05) is 12.1 Å². The molecule has 1 aromatic rings. The summed E-state index contributed by atoms with van der Waals surface area (Å²) in [6, 6.07) is 3.16. The van der Waals surface area contributed by atoms with Crippen molar-refractivity contribution in [2.24, 2.45) is 11.7 Å². The molecule has 1 aromatic heterocycles. The molecule has 8 heteroatoms. The first kappa shape index (κ1) is 27.6. The van der Waals surface area contributed by atoms with Gasteiger partial charge in [-0.1, -0.05) is 18.7 Å². The number of amides is 2. The van der Waals surface area contributed by atoms with Crippen LogP contribution < -0.4 is 10.5 Å². The van der Waals surface area contributed by atoms with Crippen LogP contribution in [0.2, 0.25) is 0 Å². The Bertz CT molecular complexity index is 989. The zero-order chi connectivity index (χ0) is 26.3. The van der Waals surface area contributed by atoms with Crippen LogP contribution in [0, 0.1) is 5.92 Å². The van der Waals surface area contributed by atoms with Crippen LogP contribution in [0.15, 0.2) is 48.7 Å². The van der Waals surface area contributed by atoms with Crippen molar-refractivity contribution in [3.8, 4) is 5.75 Å². The van der Waals surface area contributed by atoms with Crippen LogP contribution in [-0.2, 0) is 9.59 Å². The maximum atomic E-state index is 13.9. The van der Waals surface area contributed by atoms with Crippen LogP contribution in [0.3, 0.4) is 0 Å². The summed E-state index contributed by atoms with van der Waals surface area (Å²) >= 11 is 0. The summed E-state index contributed by atoms with van der Waals surface area (Å²) in [6.45, 7) is 12.5. The third kappa shape index (κ3) is 7.75. The standard InChI is InChI=1S/C28H39FN4O3/c1-5-22(27(35)33-14-6-7-25(33)26(30)34)9-8-20(2)24-11-10-23(17-31-24)36-18-21-12-15-32(16-13-21)19-28(3,4)29/h5,8-11,17,21,25H,2,6-7,12-16,18-19H2,1,3-4H3,(H2,30,34). The molecule has 2 saturated heterocycles. The largest absolute Gasteiger partial charge is 0.492 e. The molecule has 2 aliphatic rings. The molecule has 3 heterocycles. The van der Waals surface area contributed by atoms with Gasteiger partial charge in [0.05, 0.1) is 18.5 Å². The molecule has 36 heavy (non-hydrogen) atoms. The Morgan fingerprint density at radius 2 is 1.94 bits per heavy atom. The Labute approximate surface area is 213 Å². The number of piperidine rings is 1. The Hall–Kier alpha value is -3.00. The van der Waals surface area contributed by atoms with Gasteiger partial charge < -0.3 is 20.3 Å². The molecule has 1 unspecified atom stereocenters. The lowest BCUT2D eigenvalue weighted by molar-refractivity contribution is -0.134. The molecule has 2 N–H and O–H groups in total. The monoisotopic (exact) mass is 498 g/mol. The summed E-state index contributed by atoms with van der Waals surface area (Å²) in [6.07, 6.45) is 10.2. The summed E-state index contributed by atoms with van der Waals surface area (Å²) < 4.78 is 19.8. The number of hydrogen-bond acceptors (Lipinski definition) is 5. The quantitative estimate of drug-likeness (QED) is 0.390. The molecule has 0 spiro atoms. The lowest BCUT2D eigenvalue weighted by atomic mass is 9.97. The number of carbonyl (C=O) groups excluding carboxylic acids is 2. The molecule has 3 rings (SSSR count). The number of aromatic nitrogens is 1. The van der Waals surface area contributed by atoms with Gasteiger partial charge in [-0.05, 0) is 89.2 Å². The number of pyridine rings is 1. The van der Waals surface area contributed by atoms with Crippen molar-refractivity contribution < 1.29 is 18.7 Å². The van der Waals surface area contributed by atoms with Crippen LogP contribution >= 0.6 is 0 Å². The van der Waals surface area contributed by atoms with E-state index in [1.165, 1.54) is 0 Å². The maximum absolute atomic E-state index is 13.9. The number of nitrogens with zero attached hydrogens (tertiary/aromatic N) is 3. The number of primary amides is 1. The van der Waals surface area contributed by atoms with Crippen LogP contribution in [0.5, 0.6) is 5.75 Å². The molecular formula is C28H39FN4O3. The van der Waals surface area contributed by atoms with Gasteiger partial charge in [-0.2, -0.15) is 0 Å². The number of alkyl halides is 1. The summed E-state index contributed by atoms with van der Waals surface area (Å²) in [5.41, 5.74) is 6.10. The number of rotatable bonds is 10. The van der Waals surface area contributed by atoms with E-state index < -0.39 is 17.6 Å². The summed E-state index contributed by atoms with van der Waals surface area (Å²) in [5, 5.41) is 0. The lowest BCUT2D eigenvalue weighted by Crippen LogP contribution is -2.44. The first-order valence-electron chi connectivity index (χ1n) is 12.7. The van der Waals surface area contributed by atoms with Gasteiger partial charge in [-0.3, -0.25) is 14.6 Å². The highest BCUT2D eigenvalue weighted by Gasteiger charge is 2.33. The molecule has 0 saturated carbocycles. The van der Waals surface area contributed by atoms with E-state index in [0.717, 1.165) is 32.4 Å². The molecule has 7 nitrogen and oxygen atoms in total. The molecule has 2 fully saturated rings. The fourth-order valence-corrected chi connectivity index (χ4v) is 4.75. The van der Waals surface area contributed by atoms with Crippen LogP contribution in [0.4, 0.5) is 4.39 Å². The van der Waals surface area contributed by atoms with Crippen LogP contribution in [0.1, 0.15) is 52.1 Å². The van der Waals surface area contributed by atoms with Crippen molar-refractivity contribution >= 4 is 17.4 Å². The average Bonchev–Trinajstić information content (AvgIpc) is 3.33. The highest BCUT2D eigenvalue weighted by molar-refractivity contribution is 5.99. The van der Waals surface area contributed by atoms with Crippen LogP contribution in [0.25, 0.3) is 5.57 Å². The molecule has 2 aliphatic heterocycles. The zero-order valence-electron chi connectivity index (χ0n) is 21.7. The second kappa shape index (κ2) is 12.3. The highest BCUT2D eigenvalue weighted by atomic mass is 19.1. The van der Waals surface area contributed by atoms with E-state index in [2.05, 4.69) is 16.5 Å². The van der Waals surface area contributed by atoms with Crippen molar-refractivity contribution in [1.29, 1.82) is 0 Å². The number of hydrogen-bond donors (Lipinski definition) is 1. The normalized spacial score (nSPS) is 20.2. The van der Waals surface area contributed by atoms with Crippen molar-refractivity contribution in [1.82, 2.24) is 14.8 Å². The SMILES string of the molecule is C=C(C=CC(=CC)C(=O)N1CCCC1C(N)=O)c1ccc(OCC2CCN(CC(C)(C)F)CC2)cn1. The van der Waals surface area contributed by atoms with Gasteiger partial charge in [-0.25, -0.2) is 4.39 Å². The van der Waals surface area contributed by atoms with E-state index in [0.29, 0.717) is 54.6 Å². The lowest BCUT2D eigenvalue weighted by Gasteiger charge is -2.34. The Kier molecular flexibility index (Phi) is 9.43. The Balaban J connectivity index is 1.49. The van der Waals surface area contributed by atoms with Crippen molar-refractivity contribution in [3.63, 3.8) is 0 Å². The number of carbonyl (C=O) groups is 2. The predicted octanol–water partition coefficient (Wildman–Crippen LogP) is 3.91. The molecule has 0 bridgehead atoms. The molecular weight excluding hydrogens is 459 g/mol. The second-order valence-corrected chi connectivity index (χ2v) is 10.3. The number of halogens is 1. The Morgan fingerprint density at radius 1 is 1.22 bits per heavy atom. The van der Waals surface area contributed by atoms with Gasteiger partial charge in [-0.15, -0.1) is 0 Å². The van der Waals surface area contributed by atoms with E-state index in [9.17, 15) is 14.0 Å². The minimum Gasteiger partial charge on any atom is -0.492 e. The van der Waals surface area contributed by atoms with Crippen molar-refractivity contribution in [2.75, 3.05) is 32.8 Å². The first-order chi connectivity index (χ1) is 17.1. The second-order valence-electron chi connectivity index (χ2n) is 10.3. The molecule has 0 radical (unpaired) electrons. The number of nitrogens with two attached hydrogens (primary N) is 1. The smallest absolute Gasteiger partial charge is 0.254 e. The molecule has 196 valence electrons. The molecule has 0 aromatic carbocycles.